The van der Waals surface area contributed by atoms with Gasteiger partial charge in [0.15, 0.2) is 0 Å². The molecule has 1 aliphatic heterocycles. The Kier molecular flexibility index (Phi) is 4.62. The minimum absolute atomic E-state index is 0.234. The van der Waals surface area contributed by atoms with E-state index in [2.05, 4.69) is 0 Å². The van der Waals surface area contributed by atoms with E-state index in [1.165, 1.54) is 0 Å². The van der Waals surface area contributed by atoms with E-state index in [0.717, 1.165) is 5.56 Å². The van der Waals surface area contributed by atoms with Gasteiger partial charge < -0.3 is 10.2 Å². The van der Waals surface area contributed by atoms with Crippen LogP contribution in [0.4, 0.5) is 0 Å². The second-order valence-electron chi connectivity index (χ2n) is 5.00. The minimum Gasteiger partial charge on any atom is -0.481 e. The average molecular weight is 298 g/mol. The predicted octanol–water partition coefficient (Wildman–Crippen LogP) is 1.95. The lowest BCUT2D eigenvalue weighted by Crippen LogP contribution is -2.46. The van der Waals surface area contributed by atoms with Crippen molar-refractivity contribution in [2.24, 2.45) is 11.8 Å². The summed E-state index contributed by atoms with van der Waals surface area (Å²) in [6, 6.07) is 7.39. The summed E-state index contributed by atoms with van der Waals surface area (Å²) in [7, 11) is 0. The number of halogens is 1. The third kappa shape index (κ3) is 3.29. The first kappa shape index (κ1) is 14.8. The van der Waals surface area contributed by atoms with Crippen LogP contribution in [0.5, 0.6) is 0 Å². The summed E-state index contributed by atoms with van der Waals surface area (Å²) in [6.45, 7) is 1.33. The van der Waals surface area contributed by atoms with E-state index >= 15 is 0 Å². The van der Waals surface area contributed by atoms with Crippen molar-refractivity contribution in [1.82, 2.24) is 4.90 Å². The first-order chi connectivity index (χ1) is 9.49. The molecule has 5 nitrogen and oxygen atoms in total. The van der Waals surface area contributed by atoms with Crippen molar-refractivity contribution < 1.29 is 19.8 Å². The standard InChI is InChI=1S/C14H16ClNO4/c15-12-4-2-1-3-9(12)7-16-6-5-10(13(17)18)11(8-16)14(19)20/h1-4,10-11H,5-8H2,(H,17,18)(H,19,20). The van der Waals surface area contributed by atoms with Crippen LogP contribution < -0.4 is 0 Å². The molecule has 1 saturated heterocycles. The second-order valence-corrected chi connectivity index (χ2v) is 5.41. The third-order valence-corrected chi connectivity index (χ3v) is 4.05. The summed E-state index contributed by atoms with van der Waals surface area (Å²) in [5.41, 5.74) is 0.923. The molecule has 108 valence electrons. The summed E-state index contributed by atoms with van der Waals surface area (Å²) in [5, 5.41) is 18.9. The molecule has 1 fully saturated rings. The highest BCUT2D eigenvalue weighted by Crippen LogP contribution is 2.26. The molecule has 2 unspecified atom stereocenters. The SMILES string of the molecule is O=C(O)C1CCN(Cc2ccccc2Cl)CC1C(=O)O. The Balaban J connectivity index is 2.07. The summed E-state index contributed by atoms with van der Waals surface area (Å²) in [4.78, 5) is 24.2. The molecule has 0 radical (unpaired) electrons. The van der Waals surface area contributed by atoms with Crippen molar-refractivity contribution in [2.45, 2.75) is 13.0 Å². The topological polar surface area (TPSA) is 77.8 Å². The highest BCUT2D eigenvalue weighted by Gasteiger charge is 2.38. The quantitative estimate of drug-likeness (QED) is 0.888. The fourth-order valence-corrected chi connectivity index (χ4v) is 2.77. The number of likely N-dealkylation sites (tertiary alicyclic amines) is 1. The molecule has 0 aliphatic carbocycles. The maximum absolute atomic E-state index is 11.2. The van der Waals surface area contributed by atoms with Crippen LogP contribution in [0.1, 0.15) is 12.0 Å². The molecule has 0 aromatic heterocycles. The monoisotopic (exact) mass is 297 g/mol. The van der Waals surface area contributed by atoms with Crippen molar-refractivity contribution in [3.05, 3.63) is 34.9 Å². The van der Waals surface area contributed by atoms with Crippen molar-refractivity contribution >= 4 is 23.5 Å². The summed E-state index contributed by atoms with van der Waals surface area (Å²) < 4.78 is 0. The van der Waals surface area contributed by atoms with Crippen LogP contribution in [0.3, 0.4) is 0 Å². The van der Waals surface area contributed by atoms with E-state index < -0.39 is 23.8 Å². The molecule has 20 heavy (non-hydrogen) atoms. The molecule has 1 aromatic carbocycles. The number of piperidine rings is 1. The number of aliphatic carboxylic acids is 2. The summed E-state index contributed by atoms with van der Waals surface area (Å²) in [6.07, 6.45) is 0.344. The Morgan fingerprint density at radius 2 is 1.85 bits per heavy atom. The first-order valence-corrected chi connectivity index (χ1v) is 6.78. The van der Waals surface area contributed by atoms with Crippen LogP contribution in [0, 0.1) is 11.8 Å². The van der Waals surface area contributed by atoms with Crippen molar-refractivity contribution in [2.75, 3.05) is 13.1 Å². The van der Waals surface area contributed by atoms with Crippen LogP contribution in [0.15, 0.2) is 24.3 Å². The summed E-state index contributed by atoms with van der Waals surface area (Å²) in [5.74, 6) is -3.77. The van der Waals surface area contributed by atoms with Gasteiger partial charge in [-0.1, -0.05) is 29.8 Å². The van der Waals surface area contributed by atoms with E-state index in [-0.39, 0.29) is 6.54 Å². The van der Waals surface area contributed by atoms with Gasteiger partial charge >= 0.3 is 11.9 Å². The lowest BCUT2D eigenvalue weighted by atomic mass is 9.85. The molecule has 0 amide bonds. The van der Waals surface area contributed by atoms with Gasteiger partial charge in [-0.2, -0.15) is 0 Å². The van der Waals surface area contributed by atoms with E-state index in [0.29, 0.717) is 24.5 Å². The smallest absolute Gasteiger partial charge is 0.308 e. The predicted molar refractivity (Wildman–Crippen MR) is 73.6 cm³/mol. The van der Waals surface area contributed by atoms with E-state index in [1.807, 2.05) is 23.1 Å². The average Bonchev–Trinajstić information content (AvgIpc) is 2.41. The van der Waals surface area contributed by atoms with E-state index in [1.54, 1.807) is 6.07 Å². The van der Waals surface area contributed by atoms with Crippen LogP contribution in [0.2, 0.25) is 5.02 Å². The van der Waals surface area contributed by atoms with Gasteiger partial charge in [-0.25, -0.2) is 0 Å². The van der Waals surface area contributed by atoms with Crippen molar-refractivity contribution in [1.29, 1.82) is 0 Å². The lowest BCUT2D eigenvalue weighted by molar-refractivity contribution is -0.157. The normalized spacial score (nSPS) is 23.4. The van der Waals surface area contributed by atoms with Gasteiger partial charge in [0.1, 0.15) is 0 Å². The Labute approximate surface area is 121 Å². The number of carboxylic acid groups (broad SMARTS) is 2. The first-order valence-electron chi connectivity index (χ1n) is 6.40. The molecule has 1 aromatic rings. The number of carbonyl (C=O) groups is 2. The van der Waals surface area contributed by atoms with Gasteiger partial charge in [-0.3, -0.25) is 14.5 Å². The number of rotatable bonds is 4. The highest BCUT2D eigenvalue weighted by molar-refractivity contribution is 6.31. The Morgan fingerprint density at radius 3 is 2.45 bits per heavy atom. The Hall–Kier alpha value is -1.59. The fourth-order valence-electron chi connectivity index (χ4n) is 2.58. The maximum Gasteiger partial charge on any atom is 0.308 e. The molecule has 6 heteroatoms. The molecule has 0 bridgehead atoms. The Bertz CT molecular complexity index is 520. The van der Waals surface area contributed by atoms with Gasteiger partial charge in [0.25, 0.3) is 0 Å². The summed E-state index contributed by atoms with van der Waals surface area (Å²) >= 11 is 6.08. The van der Waals surface area contributed by atoms with Gasteiger partial charge in [-0.15, -0.1) is 0 Å². The molecule has 2 rings (SSSR count). The third-order valence-electron chi connectivity index (χ3n) is 3.68. The van der Waals surface area contributed by atoms with Crippen LogP contribution >= 0.6 is 11.6 Å². The zero-order valence-electron chi connectivity index (χ0n) is 10.8. The van der Waals surface area contributed by atoms with Gasteiger partial charge in [-0.05, 0) is 24.6 Å². The fraction of sp³-hybridized carbons (Fsp3) is 0.429. The highest BCUT2D eigenvalue weighted by atomic mass is 35.5. The molecular weight excluding hydrogens is 282 g/mol. The zero-order chi connectivity index (χ0) is 14.7. The molecule has 2 atom stereocenters. The van der Waals surface area contributed by atoms with Gasteiger partial charge in [0.2, 0.25) is 0 Å². The molecule has 2 N–H and O–H groups in total. The molecular formula is C14H16ClNO4. The second kappa shape index (κ2) is 6.24. The van der Waals surface area contributed by atoms with Crippen LogP contribution in [-0.2, 0) is 16.1 Å². The number of hydrogen-bond donors (Lipinski definition) is 2. The minimum atomic E-state index is -1.05. The molecule has 1 aliphatic rings. The number of benzene rings is 1. The number of nitrogens with zero attached hydrogens (tertiary/aromatic N) is 1. The number of carboxylic acids is 2. The van der Waals surface area contributed by atoms with Gasteiger partial charge in [0.05, 0.1) is 11.8 Å². The lowest BCUT2D eigenvalue weighted by Gasteiger charge is -2.34. The van der Waals surface area contributed by atoms with E-state index in [4.69, 9.17) is 16.7 Å². The zero-order valence-corrected chi connectivity index (χ0v) is 11.6. The maximum atomic E-state index is 11.2. The molecule has 0 saturated carbocycles. The van der Waals surface area contributed by atoms with Crippen LogP contribution in [0.25, 0.3) is 0 Å². The van der Waals surface area contributed by atoms with Crippen molar-refractivity contribution in [3.63, 3.8) is 0 Å². The largest absolute Gasteiger partial charge is 0.481 e. The van der Waals surface area contributed by atoms with Crippen LogP contribution in [-0.4, -0.2) is 40.1 Å². The van der Waals surface area contributed by atoms with Gasteiger partial charge in [0, 0.05) is 18.1 Å². The number of hydrogen-bond acceptors (Lipinski definition) is 3. The van der Waals surface area contributed by atoms with E-state index in [9.17, 15) is 14.7 Å². The molecule has 1 heterocycles. The molecule has 0 spiro atoms. The van der Waals surface area contributed by atoms with Crippen molar-refractivity contribution in [3.8, 4) is 0 Å². The Morgan fingerprint density at radius 1 is 1.20 bits per heavy atom.